The van der Waals surface area contributed by atoms with Gasteiger partial charge in [0.2, 0.25) is 0 Å². The molecule has 7 heteroatoms. The Kier molecular flexibility index (Phi) is 9.26. The Morgan fingerprint density at radius 2 is 1.69 bits per heavy atom. The Labute approximate surface area is 189 Å². The number of piperazine rings is 1. The van der Waals surface area contributed by atoms with Crippen molar-refractivity contribution in [1.82, 2.24) is 9.80 Å². The van der Waals surface area contributed by atoms with E-state index >= 15 is 0 Å². The van der Waals surface area contributed by atoms with E-state index in [0.29, 0.717) is 12.0 Å². The molecule has 2 atom stereocenters. The monoisotopic (exact) mass is 458 g/mol. The lowest BCUT2D eigenvalue weighted by atomic mass is 9.93. The Hall–Kier alpha value is -0.820. The van der Waals surface area contributed by atoms with Gasteiger partial charge in [-0.3, -0.25) is 9.80 Å². The van der Waals surface area contributed by atoms with Crippen molar-refractivity contribution in [2.24, 2.45) is 0 Å². The maximum absolute atomic E-state index is 13.4. The highest BCUT2D eigenvalue weighted by molar-refractivity contribution is 7.98. The van der Waals surface area contributed by atoms with Crippen molar-refractivity contribution in [3.63, 3.8) is 0 Å². The van der Waals surface area contributed by atoms with E-state index in [2.05, 4.69) is 34.3 Å². The van der Waals surface area contributed by atoms with Crippen molar-refractivity contribution in [2.75, 3.05) is 45.6 Å². The first kappa shape index (κ1) is 24.4. The van der Waals surface area contributed by atoms with Crippen molar-refractivity contribution in [2.45, 2.75) is 23.3 Å². The molecule has 0 aromatic heterocycles. The van der Waals surface area contributed by atoms with E-state index in [1.165, 1.54) is 21.6 Å². The second-order valence-electron chi connectivity index (χ2n) is 7.45. The first-order valence-electron chi connectivity index (χ1n) is 9.70. The molecule has 2 aliphatic rings. The normalized spacial score (nSPS) is 21.9. The zero-order chi connectivity index (χ0) is 18.8. The van der Waals surface area contributed by atoms with Crippen LogP contribution in [0.3, 0.4) is 0 Å². The maximum Gasteiger partial charge on any atom is 0.123 e. The summed E-state index contributed by atoms with van der Waals surface area (Å²) in [6, 6.07) is 14.3. The molecule has 1 heterocycles. The second kappa shape index (κ2) is 11.0. The van der Waals surface area contributed by atoms with Crippen LogP contribution in [0.2, 0.25) is 0 Å². The number of β-amino-alcohol motifs (C(OH)–C–C–N with tert-alkyl or cyclic N) is 1. The lowest BCUT2D eigenvalue weighted by Gasteiger charge is -2.38. The molecule has 160 valence electrons. The molecule has 1 aliphatic heterocycles. The highest BCUT2D eigenvalue weighted by atomic mass is 35.5. The van der Waals surface area contributed by atoms with Crippen LogP contribution in [0.15, 0.2) is 47.4 Å². The molecule has 0 bridgehead atoms. The molecule has 29 heavy (non-hydrogen) atoms. The number of hydrogen-bond acceptors (Lipinski definition) is 4. The van der Waals surface area contributed by atoms with E-state index in [1.807, 2.05) is 12.1 Å². The molecule has 1 fully saturated rings. The minimum absolute atomic E-state index is 0. The lowest BCUT2D eigenvalue weighted by molar-refractivity contribution is 0.0827. The number of rotatable bonds is 5. The van der Waals surface area contributed by atoms with Crippen LogP contribution in [-0.4, -0.2) is 60.5 Å². The predicted molar refractivity (Wildman–Crippen MR) is 123 cm³/mol. The number of hydrogen-bond donors (Lipinski definition) is 1. The molecule has 3 nitrogen and oxygen atoms in total. The van der Waals surface area contributed by atoms with Gasteiger partial charge in [-0.2, -0.15) is 0 Å². The zero-order valence-electron chi connectivity index (χ0n) is 16.6. The summed E-state index contributed by atoms with van der Waals surface area (Å²) >= 11 is 1.79. The van der Waals surface area contributed by atoms with Crippen molar-refractivity contribution in [3.05, 3.63) is 65.0 Å². The van der Waals surface area contributed by atoms with E-state index < -0.39 is 0 Å². The van der Waals surface area contributed by atoms with Crippen LogP contribution >= 0.6 is 36.6 Å². The van der Waals surface area contributed by atoms with Gasteiger partial charge in [0, 0.05) is 49.6 Å². The quantitative estimate of drug-likeness (QED) is 0.663. The molecule has 1 saturated heterocycles. The number of fused-ring (bicyclic) bond motifs is 1. The Morgan fingerprint density at radius 1 is 1.00 bits per heavy atom. The average molecular weight is 459 g/mol. The average Bonchev–Trinajstić information content (AvgIpc) is 3.08. The van der Waals surface area contributed by atoms with E-state index in [1.54, 1.807) is 23.9 Å². The fraction of sp³-hybridized carbons (Fsp3) is 0.455. The van der Waals surface area contributed by atoms with Gasteiger partial charge in [0.05, 0.1) is 6.61 Å². The van der Waals surface area contributed by atoms with E-state index in [-0.39, 0.29) is 37.2 Å². The standard InChI is InChI=1S/C22H27FN2OS.2ClH/c1-27-18-6-7-19-20(16-2-4-17(23)5-3-16)15-22(21(19)14-18)25-10-8-24(9-11-25)12-13-26;;/h2-7,14,20,22,26H,8-13,15H2,1H3;2*1H. The summed E-state index contributed by atoms with van der Waals surface area (Å²) < 4.78 is 13.4. The number of halogens is 3. The first-order chi connectivity index (χ1) is 13.2. The third-order valence-electron chi connectivity index (χ3n) is 6.02. The molecule has 4 rings (SSSR count). The smallest absolute Gasteiger partial charge is 0.123 e. The molecule has 0 spiro atoms. The van der Waals surface area contributed by atoms with Crippen LogP contribution in [0.1, 0.15) is 35.1 Å². The van der Waals surface area contributed by atoms with Gasteiger partial charge in [-0.15, -0.1) is 36.6 Å². The summed E-state index contributed by atoms with van der Waals surface area (Å²) in [6.07, 6.45) is 3.18. The summed E-state index contributed by atoms with van der Waals surface area (Å²) in [5, 5.41) is 9.18. The molecule has 0 saturated carbocycles. The second-order valence-corrected chi connectivity index (χ2v) is 8.33. The fourth-order valence-corrected chi connectivity index (χ4v) is 5.01. The highest BCUT2D eigenvalue weighted by Crippen LogP contribution is 2.47. The van der Waals surface area contributed by atoms with Crippen LogP contribution in [0.25, 0.3) is 0 Å². The fourth-order valence-electron chi connectivity index (χ4n) is 4.56. The highest BCUT2D eigenvalue weighted by Gasteiger charge is 2.36. The minimum Gasteiger partial charge on any atom is -0.395 e. The zero-order valence-corrected chi connectivity index (χ0v) is 19.0. The van der Waals surface area contributed by atoms with Gasteiger partial charge in [0.25, 0.3) is 0 Å². The third-order valence-corrected chi connectivity index (χ3v) is 6.75. The van der Waals surface area contributed by atoms with Gasteiger partial charge in [0.15, 0.2) is 0 Å². The van der Waals surface area contributed by atoms with Crippen LogP contribution in [-0.2, 0) is 0 Å². The molecule has 0 amide bonds. The SMILES string of the molecule is CSc1ccc2c(c1)C(N1CCN(CCO)CC1)CC2c1ccc(F)cc1.Cl.Cl. The van der Waals surface area contributed by atoms with Gasteiger partial charge >= 0.3 is 0 Å². The molecule has 2 aromatic carbocycles. The third kappa shape index (κ3) is 5.27. The number of aliphatic hydroxyl groups is 1. The van der Waals surface area contributed by atoms with E-state index in [0.717, 1.165) is 39.1 Å². The topological polar surface area (TPSA) is 26.7 Å². The Morgan fingerprint density at radius 3 is 2.31 bits per heavy atom. The summed E-state index contributed by atoms with van der Waals surface area (Å²) in [5.41, 5.74) is 4.03. The van der Waals surface area contributed by atoms with Gasteiger partial charge in [-0.05, 0) is 53.6 Å². The van der Waals surface area contributed by atoms with E-state index in [9.17, 15) is 9.50 Å². The van der Waals surface area contributed by atoms with Crippen molar-refractivity contribution in [3.8, 4) is 0 Å². The summed E-state index contributed by atoms with van der Waals surface area (Å²) in [6.45, 7) is 5.08. The number of nitrogens with zero attached hydrogens (tertiary/aromatic N) is 2. The predicted octanol–water partition coefficient (Wildman–Crippen LogP) is 4.58. The summed E-state index contributed by atoms with van der Waals surface area (Å²) in [7, 11) is 0. The largest absolute Gasteiger partial charge is 0.395 e. The lowest BCUT2D eigenvalue weighted by Crippen LogP contribution is -2.48. The molecular formula is C22H29Cl2FN2OS. The minimum atomic E-state index is -0.175. The van der Waals surface area contributed by atoms with Crippen molar-refractivity contribution in [1.29, 1.82) is 0 Å². The number of aliphatic hydroxyl groups excluding tert-OH is 1. The Balaban J connectivity index is 0.00000150. The van der Waals surface area contributed by atoms with Crippen LogP contribution in [0.4, 0.5) is 4.39 Å². The van der Waals surface area contributed by atoms with Gasteiger partial charge < -0.3 is 5.11 Å². The van der Waals surface area contributed by atoms with Gasteiger partial charge in [-0.25, -0.2) is 4.39 Å². The first-order valence-corrected chi connectivity index (χ1v) is 10.9. The van der Waals surface area contributed by atoms with Crippen molar-refractivity contribution >= 4 is 36.6 Å². The van der Waals surface area contributed by atoms with E-state index in [4.69, 9.17) is 0 Å². The van der Waals surface area contributed by atoms with Gasteiger partial charge in [-0.1, -0.05) is 18.2 Å². The number of thioether (sulfide) groups is 1. The van der Waals surface area contributed by atoms with Crippen LogP contribution < -0.4 is 0 Å². The van der Waals surface area contributed by atoms with Crippen molar-refractivity contribution < 1.29 is 9.50 Å². The molecular weight excluding hydrogens is 430 g/mol. The molecule has 1 N–H and O–H groups in total. The van der Waals surface area contributed by atoms with Gasteiger partial charge in [0.1, 0.15) is 5.82 Å². The molecule has 1 aliphatic carbocycles. The van der Waals surface area contributed by atoms with Crippen LogP contribution in [0, 0.1) is 5.82 Å². The molecule has 2 unspecified atom stereocenters. The molecule has 0 radical (unpaired) electrons. The Bertz CT molecular complexity index is 785. The van der Waals surface area contributed by atoms with Crippen LogP contribution in [0.5, 0.6) is 0 Å². The number of benzene rings is 2. The summed E-state index contributed by atoms with van der Waals surface area (Å²) in [5.74, 6) is 0.156. The maximum atomic E-state index is 13.4. The molecule has 2 aromatic rings. The summed E-state index contributed by atoms with van der Waals surface area (Å²) in [4.78, 5) is 6.24.